The average Bonchev–Trinajstić information content (AvgIpc) is 2.27. The standard InChI is InChI=1S/C13H22N2/c1-4-13(5-2,15-11(3)14)12-9-7-6-8-10-12/h6-11,15H,4-5,14H2,1-3H3. The second-order valence-electron chi connectivity index (χ2n) is 4.09. The number of rotatable bonds is 5. The Bertz CT molecular complexity index is 276. The molecule has 0 saturated heterocycles. The van der Waals surface area contributed by atoms with Gasteiger partial charge in [-0.2, -0.15) is 0 Å². The Morgan fingerprint density at radius 3 is 2.13 bits per heavy atom. The monoisotopic (exact) mass is 206 g/mol. The highest BCUT2D eigenvalue weighted by Crippen LogP contribution is 2.28. The molecule has 0 saturated carbocycles. The fourth-order valence-electron chi connectivity index (χ4n) is 2.14. The van der Waals surface area contributed by atoms with Crippen LogP contribution < -0.4 is 11.1 Å². The fraction of sp³-hybridized carbons (Fsp3) is 0.538. The van der Waals surface area contributed by atoms with Gasteiger partial charge in [0.1, 0.15) is 0 Å². The highest BCUT2D eigenvalue weighted by Gasteiger charge is 2.28. The van der Waals surface area contributed by atoms with Crippen LogP contribution in [-0.2, 0) is 5.54 Å². The maximum Gasteiger partial charge on any atom is 0.0524 e. The van der Waals surface area contributed by atoms with Gasteiger partial charge in [0.05, 0.1) is 6.17 Å². The number of benzene rings is 1. The Labute approximate surface area is 92.9 Å². The van der Waals surface area contributed by atoms with E-state index in [0.717, 1.165) is 12.8 Å². The van der Waals surface area contributed by atoms with E-state index in [-0.39, 0.29) is 11.7 Å². The van der Waals surface area contributed by atoms with Crippen molar-refractivity contribution in [2.24, 2.45) is 5.73 Å². The predicted molar refractivity (Wildman–Crippen MR) is 65.5 cm³/mol. The summed E-state index contributed by atoms with van der Waals surface area (Å²) in [6.07, 6.45) is 2.12. The second kappa shape index (κ2) is 5.29. The zero-order valence-corrected chi connectivity index (χ0v) is 9.96. The lowest BCUT2D eigenvalue weighted by molar-refractivity contribution is 0.278. The topological polar surface area (TPSA) is 38.0 Å². The minimum atomic E-state index is 0.0186. The Kier molecular flexibility index (Phi) is 4.30. The van der Waals surface area contributed by atoms with Crippen molar-refractivity contribution in [1.29, 1.82) is 0 Å². The third-order valence-corrected chi connectivity index (χ3v) is 3.04. The lowest BCUT2D eigenvalue weighted by Crippen LogP contribution is -2.49. The molecule has 15 heavy (non-hydrogen) atoms. The number of hydrogen-bond donors (Lipinski definition) is 2. The molecule has 1 aromatic carbocycles. The van der Waals surface area contributed by atoms with Crippen molar-refractivity contribution in [2.45, 2.75) is 45.3 Å². The maximum atomic E-state index is 5.86. The fourth-order valence-corrected chi connectivity index (χ4v) is 2.14. The molecule has 2 heteroatoms. The zero-order valence-electron chi connectivity index (χ0n) is 9.96. The van der Waals surface area contributed by atoms with Gasteiger partial charge in [0, 0.05) is 5.54 Å². The van der Waals surface area contributed by atoms with E-state index < -0.39 is 0 Å². The lowest BCUT2D eigenvalue weighted by Gasteiger charge is -2.35. The van der Waals surface area contributed by atoms with Crippen molar-refractivity contribution in [3.63, 3.8) is 0 Å². The first kappa shape index (κ1) is 12.2. The molecule has 1 atom stereocenters. The lowest BCUT2D eigenvalue weighted by atomic mass is 9.84. The molecule has 1 unspecified atom stereocenters. The van der Waals surface area contributed by atoms with Crippen LogP contribution in [0.4, 0.5) is 0 Å². The van der Waals surface area contributed by atoms with Crippen molar-refractivity contribution >= 4 is 0 Å². The Balaban J connectivity index is 3.00. The summed E-state index contributed by atoms with van der Waals surface area (Å²) in [5, 5.41) is 3.49. The van der Waals surface area contributed by atoms with E-state index in [0.29, 0.717) is 0 Å². The van der Waals surface area contributed by atoms with E-state index >= 15 is 0 Å². The van der Waals surface area contributed by atoms with E-state index in [9.17, 15) is 0 Å². The number of nitrogens with one attached hydrogen (secondary N) is 1. The van der Waals surface area contributed by atoms with Gasteiger partial charge in [0.25, 0.3) is 0 Å². The van der Waals surface area contributed by atoms with Crippen LogP contribution in [0.5, 0.6) is 0 Å². The van der Waals surface area contributed by atoms with E-state index in [1.165, 1.54) is 5.56 Å². The molecule has 2 nitrogen and oxygen atoms in total. The molecule has 0 spiro atoms. The van der Waals surface area contributed by atoms with Crippen molar-refractivity contribution in [2.75, 3.05) is 0 Å². The Hall–Kier alpha value is -0.860. The Morgan fingerprint density at radius 1 is 1.20 bits per heavy atom. The van der Waals surface area contributed by atoms with Crippen LogP contribution in [0.25, 0.3) is 0 Å². The summed E-state index contributed by atoms with van der Waals surface area (Å²) in [6.45, 7) is 6.39. The van der Waals surface area contributed by atoms with Crippen LogP contribution in [0, 0.1) is 0 Å². The summed E-state index contributed by atoms with van der Waals surface area (Å²) in [4.78, 5) is 0. The molecule has 0 fully saturated rings. The molecule has 0 bridgehead atoms. The predicted octanol–water partition coefficient (Wildman–Crippen LogP) is 2.60. The molecule has 84 valence electrons. The van der Waals surface area contributed by atoms with Crippen LogP contribution in [0.15, 0.2) is 30.3 Å². The van der Waals surface area contributed by atoms with Crippen molar-refractivity contribution < 1.29 is 0 Å². The SMILES string of the molecule is CCC(CC)(NC(C)N)c1ccccc1. The van der Waals surface area contributed by atoms with Gasteiger partial charge in [0.15, 0.2) is 0 Å². The van der Waals surface area contributed by atoms with E-state index in [2.05, 4.69) is 43.4 Å². The summed E-state index contributed by atoms with van der Waals surface area (Å²) in [7, 11) is 0. The third-order valence-electron chi connectivity index (χ3n) is 3.04. The molecule has 0 aromatic heterocycles. The normalized spacial score (nSPS) is 13.9. The van der Waals surface area contributed by atoms with E-state index in [1.54, 1.807) is 0 Å². The van der Waals surface area contributed by atoms with Gasteiger partial charge < -0.3 is 5.73 Å². The van der Waals surface area contributed by atoms with Gasteiger partial charge in [-0.05, 0) is 25.3 Å². The minimum Gasteiger partial charge on any atom is -0.316 e. The minimum absolute atomic E-state index is 0.0186. The molecule has 0 aliphatic heterocycles. The summed E-state index contributed by atoms with van der Waals surface area (Å²) in [5.74, 6) is 0. The molecule has 0 aliphatic rings. The number of hydrogen-bond acceptors (Lipinski definition) is 2. The van der Waals surface area contributed by atoms with Crippen LogP contribution in [-0.4, -0.2) is 6.17 Å². The molecule has 0 amide bonds. The molecule has 0 heterocycles. The highest BCUT2D eigenvalue weighted by atomic mass is 15.1. The summed E-state index contributed by atoms with van der Waals surface area (Å²) < 4.78 is 0. The van der Waals surface area contributed by atoms with E-state index in [1.807, 2.05) is 13.0 Å². The zero-order chi connectivity index (χ0) is 11.3. The van der Waals surface area contributed by atoms with Gasteiger partial charge in [-0.25, -0.2) is 0 Å². The summed E-state index contributed by atoms with van der Waals surface area (Å²) >= 11 is 0. The van der Waals surface area contributed by atoms with Gasteiger partial charge in [0.2, 0.25) is 0 Å². The van der Waals surface area contributed by atoms with Gasteiger partial charge in [-0.1, -0.05) is 44.2 Å². The summed E-state index contributed by atoms with van der Waals surface area (Å²) in [5.41, 5.74) is 7.21. The van der Waals surface area contributed by atoms with Crippen LogP contribution in [0.2, 0.25) is 0 Å². The van der Waals surface area contributed by atoms with Crippen molar-refractivity contribution in [3.8, 4) is 0 Å². The molecular weight excluding hydrogens is 184 g/mol. The van der Waals surface area contributed by atoms with Gasteiger partial charge >= 0.3 is 0 Å². The molecule has 3 N–H and O–H groups in total. The first-order chi connectivity index (χ1) is 7.14. The van der Waals surface area contributed by atoms with Crippen LogP contribution >= 0.6 is 0 Å². The molecular formula is C13H22N2. The first-order valence-electron chi connectivity index (χ1n) is 5.73. The Morgan fingerprint density at radius 2 is 1.73 bits per heavy atom. The summed E-state index contributed by atoms with van der Waals surface area (Å²) in [6, 6.07) is 10.5. The van der Waals surface area contributed by atoms with Crippen LogP contribution in [0.3, 0.4) is 0 Å². The van der Waals surface area contributed by atoms with Crippen molar-refractivity contribution in [3.05, 3.63) is 35.9 Å². The van der Waals surface area contributed by atoms with E-state index in [4.69, 9.17) is 5.73 Å². The molecule has 0 radical (unpaired) electrons. The smallest absolute Gasteiger partial charge is 0.0524 e. The number of nitrogens with two attached hydrogens (primary N) is 1. The quantitative estimate of drug-likeness (QED) is 0.727. The second-order valence-corrected chi connectivity index (χ2v) is 4.09. The van der Waals surface area contributed by atoms with Crippen molar-refractivity contribution in [1.82, 2.24) is 5.32 Å². The molecule has 1 rings (SSSR count). The average molecular weight is 206 g/mol. The third kappa shape index (κ3) is 2.80. The first-order valence-corrected chi connectivity index (χ1v) is 5.73. The molecule has 0 aliphatic carbocycles. The largest absolute Gasteiger partial charge is 0.316 e. The van der Waals surface area contributed by atoms with Gasteiger partial charge in [-0.3, -0.25) is 5.32 Å². The highest BCUT2D eigenvalue weighted by molar-refractivity contribution is 5.24. The maximum absolute atomic E-state index is 5.86. The van der Waals surface area contributed by atoms with Gasteiger partial charge in [-0.15, -0.1) is 0 Å². The van der Waals surface area contributed by atoms with Crippen LogP contribution in [0.1, 0.15) is 39.2 Å². The molecule has 1 aromatic rings.